The van der Waals surface area contributed by atoms with Gasteiger partial charge in [-0.1, -0.05) is 12.1 Å². The zero-order chi connectivity index (χ0) is 17.0. The molecule has 4 heteroatoms. The second-order valence-electron chi connectivity index (χ2n) is 6.97. The van der Waals surface area contributed by atoms with E-state index in [9.17, 15) is 4.79 Å². The monoisotopic (exact) mass is 318 g/mol. The number of rotatable bonds is 8. The Morgan fingerprint density at radius 3 is 2.13 bits per heavy atom. The molecule has 0 atom stereocenters. The van der Waals surface area contributed by atoms with Crippen LogP contribution in [0.5, 0.6) is 5.75 Å². The number of benzene rings is 1. The van der Waals surface area contributed by atoms with E-state index in [4.69, 9.17) is 4.74 Å². The molecule has 1 aromatic rings. The number of hydrogen-bond donors (Lipinski definition) is 0. The Balaban J connectivity index is 2.02. The van der Waals surface area contributed by atoms with Gasteiger partial charge in [-0.25, -0.2) is 0 Å². The van der Waals surface area contributed by atoms with Crippen molar-refractivity contribution in [3.05, 3.63) is 29.8 Å². The Morgan fingerprint density at radius 1 is 1.13 bits per heavy atom. The molecule has 0 N–H and O–H groups in total. The van der Waals surface area contributed by atoms with E-state index >= 15 is 0 Å². The van der Waals surface area contributed by atoms with Gasteiger partial charge in [0.25, 0.3) is 0 Å². The molecule has 2 rings (SSSR count). The molecule has 1 aliphatic rings. The lowest BCUT2D eigenvalue weighted by atomic mass is 10.2. The van der Waals surface area contributed by atoms with Gasteiger partial charge in [-0.3, -0.25) is 9.69 Å². The molecule has 1 aliphatic carbocycles. The molecule has 0 saturated heterocycles. The predicted molar refractivity (Wildman–Crippen MR) is 93.5 cm³/mol. The fraction of sp³-hybridized carbons (Fsp3) is 0.632. The van der Waals surface area contributed by atoms with Gasteiger partial charge in [0, 0.05) is 24.7 Å². The second kappa shape index (κ2) is 7.82. The van der Waals surface area contributed by atoms with Crippen LogP contribution in [-0.4, -0.2) is 47.5 Å². The molecule has 1 fully saturated rings. The van der Waals surface area contributed by atoms with Crippen molar-refractivity contribution in [3.8, 4) is 5.75 Å². The van der Waals surface area contributed by atoms with Crippen molar-refractivity contribution >= 4 is 5.91 Å². The van der Waals surface area contributed by atoms with Gasteiger partial charge in [0.1, 0.15) is 5.75 Å². The summed E-state index contributed by atoms with van der Waals surface area (Å²) in [6, 6.07) is 9.17. The molecule has 0 unspecified atom stereocenters. The first-order chi connectivity index (χ1) is 10.9. The minimum Gasteiger partial charge on any atom is -0.497 e. The Bertz CT molecular complexity index is 499. The first-order valence-electron chi connectivity index (χ1n) is 8.60. The SMILES string of the molecule is COc1ccc(CN(CC(=O)N(C(C)C)C(C)C)C2CC2)cc1. The van der Waals surface area contributed by atoms with Crippen LogP contribution in [0.3, 0.4) is 0 Å². The summed E-state index contributed by atoms with van der Waals surface area (Å²) in [7, 11) is 1.68. The highest BCUT2D eigenvalue weighted by Gasteiger charge is 2.32. The Morgan fingerprint density at radius 2 is 1.70 bits per heavy atom. The quantitative estimate of drug-likeness (QED) is 0.737. The fourth-order valence-electron chi connectivity index (χ4n) is 3.15. The number of nitrogens with zero attached hydrogens (tertiary/aromatic N) is 2. The molecule has 0 radical (unpaired) electrons. The van der Waals surface area contributed by atoms with Gasteiger partial charge >= 0.3 is 0 Å². The van der Waals surface area contributed by atoms with E-state index in [0.717, 1.165) is 12.3 Å². The summed E-state index contributed by atoms with van der Waals surface area (Å²) in [6.45, 7) is 9.68. The second-order valence-corrected chi connectivity index (χ2v) is 6.97. The third-order valence-corrected chi connectivity index (χ3v) is 4.35. The first kappa shape index (κ1) is 17.8. The van der Waals surface area contributed by atoms with E-state index in [1.54, 1.807) is 7.11 Å². The predicted octanol–water partition coefficient (Wildman–Crippen LogP) is 3.31. The van der Waals surface area contributed by atoms with Gasteiger partial charge in [-0.05, 0) is 58.2 Å². The lowest BCUT2D eigenvalue weighted by molar-refractivity contribution is -0.136. The van der Waals surface area contributed by atoms with Gasteiger partial charge in [-0.2, -0.15) is 0 Å². The van der Waals surface area contributed by atoms with Crippen LogP contribution in [0, 0.1) is 0 Å². The van der Waals surface area contributed by atoms with Crippen LogP contribution in [0.15, 0.2) is 24.3 Å². The van der Waals surface area contributed by atoms with Gasteiger partial charge in [0.2, 0.25) is 5.91 Å². The number of carbonyl (C=O) groups is 1. The van der Waals surface area contributed by atoms with Crippen molar-refractivity contribution in [2.24, 2.45) is 0 Å². The number of methoxy groups -OCH3 is 1. The summed E-state index contributed by atoms with van der Waals surface area (Å²) in [4.78, 5) is 17.0. The molecule has 1 amide bonds. The van der Waals surface area contributed by atoms with Crippen LogP contribution < -0.4 is 4.74 Å². The van der Waals surface area contributed by atoms with Crippen LogP contribution in [0.25, 0.3) is 0 Å². The highest BCUT2D eigenvalue weighted by molar-refractivity contribution is 5.79. The van der Waals surface area contributed by atoms with Crippen LogP contribution in [-0.2, 0) is 11.3 Å². The summed E-state index contributed by atoms with van der Waals surface area (Å²) in [5, 5.41) is 0. The van der Waals surface area contributed by atoms with E-state index in [1.165, 1.54) is 18.4 Å². The summed E-state index contributed by atoms with van der Waals surface area (Å²) < 4.78 is 5.21. The molecule has 0 aromatic heterocycles. The molecule has 0 aliphatic heterocycles. The average molecular weight is 318 g/mol. The number of amides is 1. The largest absolute Gasteiger partial charge is 0.497 e. The molecule has 4 nitrogen and oxygen atoms in total. The van der Waals surface area contributed by atoms with E-state index in [0.29, 0.717) is 12.6 Å². The van der Waals surface area contributed by atoms with Gasteiger partial charge in [0.05, 0.1) is 13.7 Å². The molecule has 0 bridgehead atoms. The standard InChI is InChI=1S/C19H30N2O2/c1-14(2)21(15(3)4)19(22)13-20(17-8-9-17)12-16-6-10-18(23-5)11-7-16/h6-7,10-11,14-15,17H,8-9,12-13H2,1-5H3. The van der Waals surface area contributed by atoms with Crippen LogP contribution in [0.1, 0.15) is 46.1 Å². The molecular formula is C19H30N2O2. The lowest BCUT2D eigenvalue weighted by Crippen LogP contribution is -2.47. The maximum atomic E-state index is 12.7. The normalized spacial score (nSPS) is 14.6. The van der Waals surface area contributed by atoms with Gasteiger partial charge < -0.3 is 9.64 Å². The van der Waals surface area contributed by atoms with Crippen molar-refractivity contribution in [3.63, 3.8) is 0 Å². The maximum absolute atomic E-state index is 12.7. The Kier molecular flexibility index (Phi) is 6.05. The maximum Gasteiger partial charge on any atom is 0.237 e. The molecular weight excluding hydrogens is 288 g/mol. The summed E-state index contributed by atoms with van der Waals surface area (Å²) in [6.07, 6.45) is 2.40. The molecule has 0 heterocycles. The van der Waals surface area contributed by atoms with E-state index in [-0.39, 0.29) is 18.0 Å². The smallest absolute Gasteiger partial charge is 0.237 e. The topological polar surface area (TPSA) is 32.8 Å². The van der Waals surface area contributed by atoms with Crippen molar-refractivity contribution in [1.29, 1.82) is 0 Å². The minimum absolute atomic E-state index is 0.232. The zero-order valence-corrected chi connectivity index (χ0v) is 15.1. The minimum atomic E-state index is 0.232. The number of carbonyl (C=O) groups excluding carboxylic acids is 1. The molecule has 1 aromatic carbocycles. The van der Waals surface area contributed by atoms with Crippen LogP contribution in [0.2, 0.25) is 0 Å². The first-order valence-corrected chi connectivity index (χ1v) is 8.60. The van der Waals surface area contributed by atoms with Crippen molar-refractivity contribution < 1.29 is 9.53 Å². The highest BCUT2D eigenvalue weighted by atomic mass is 16.5. The van der Waals surface area contributed by atoms with Crippen LogP contribution in [0.4, 0.5) is 0 Å². The van der Waals surface area contributed by atoms with Crippen molar-refractivity contribution in [2.75, 3.05) is 13.7 Å². The number of hydrogen-bond acceptors (Lipinski definition) is 3. The van der Waals surface area contributed by atoms with Crippen LogP contribution >= 0.6 is 0 Å². The third-order valence-electron chi connectivity index (χ3n) is 4.35. The summed E-state index contributed by atoms with van der Waals surface area (Å²) in [5.41, 5.74) is 1.23. The van der Waals surface area contributed by atoms with Crippen molar-refractivity contribution in [2.45, 2.75) is 65.2 Å². The molecule has 128 valence electrons. The highest BCUT2D eigenvalue weighted by Crippen LogP contribution is 2.28. The van der Waals surface area contributed by atoms with Gasteiger partial charge in [0.15, 0.2) is 0 Å². The third kappa shape index (κ3) is 4.96. The van der Waals surface area contributed by atoms with Gasteiger partial charge in [-0.15, -0.1) is 0 Å². The summed E-state index contributed by atoms with van der Waals surface area (Å²) >= 11 is 0. The average Bonchev–Trinajstić information content (AvgIpc) is 3.31. The summed E-state index contributed by atoms with van der Waals surface area (Å²) in [5.74, 6) is 1.10. The lowest BCUT2D eigenvalue weighted by Gasteiger charge is -2.33. The zero-order valence-electron chi connectivity index (χ0n) is 15.1. The van der Waals surface area contributed by atoms with E-state index < -0.39 is 0 Å². The van der Waals surface area contributed by atoms with E-state index in [1.807, 2.05) is 17.0 Å². The molecule has 23 heavy (non-hydrogen) atoms. The fourth-order valence-corrected chi connectivity index (χ4v) is 3.15. The Labute approximate surface area is 140 Å². The van der Waals surface area contributed by atoms with E-state index in [2.05, 4.69) is 44.7 Å². The molecule has 0 spiro atoms. The van der Waals surface area contributed by atoms with Crippen molar-refractivity contribution in [1.82, 2.24) is 9.80 Å². The number of ether oxygens (including phenoxy) is 1. The Hall–Kier alpha value is -1.55. The molecule has 1 saturated carbocycles.